The molecule has 0 spiro atoms. The van der Waals surface area contributed by atoms with Crippen LogP contribution in [0.3, 0.4) is 0 Å². The zero-order valence-electron chi connectivity index (χ0n) is 21.5. The van der Waals surface area contributed by atoms with Gasteiger partial charge in [0.05, 0.1) is 43.2 Å². The van der Waals surface area contributed by atoms with Crippen molar-refractivity contribution < 1.29 is 9.53 Å². The van der Waals surface area contributed by atoms with Gasteiger partial charge in [-0.2, -0.15) is 15.2 Å². The molecular formula is C26H35N9O2. The average Bonchev–Trinajstić information content (AvgIpc) is 3.55. The minimum absolute atomic E-state index is 0.426. The Morgan fingerprint density at radius 3 is 2.76 bits per heavy atom. The molecule has 37 heavy (non-hydrogen) atoms. The molecule has 1 aliphatic heterocycles. The summed E-state index contributed by atoms with van der Waals surface area (Å²) in [5.74, 6) is 0.469. The van der Waals surface area contributed by atoms with Gasteiger partial charge in [0.1, 0.15) is 6.29 Å². The Morgan fingerprint density at radius 1 is 1.14 bits per heavy atom. The molecule has 3 aromatic heterocycles. The van der Waals surface area contributed by atoms with Crippen molar-refractivity contribution in [2.24, 2.45) is 0 Å². The quantitative estimate of drug-likeness (QED) is 0.314. The minimum atomic E-state index is 0.426. The molecule has 11 heteroatoms. The molecule has 0 radical (unpaired) electrons. The number of nitrogens with zero attached hydrogens (tertiary/aromatic N) is 7. The number of aldehydes is 1. The van der Waals surface area contributed by atoms with Gasteiger partial charge in [-0.05, 0) is 37.7 Å². The van der Waals surface area contributed by atoms with Crippen molar-refractivity contribution in [2.75, 3.05) is 50.1 Å². The van der Waals surface area contributed by atoms with Gasteiger partial charge in [0.15, 0.2) is 5.65 Å². The largest absolute Gasteiger partial charge is 0.378 e. The minimum Gasteiger partial charge on any atom is -0.378 e. The average molecular weight is 506 g/mol. The molecule has 0 atom stereocenters. The highest BCUT2D eigenvalue weighted by Crippen LogP contribution is 2.20. The van der Waals surface area contributed by atoms with Gasteiger partial charge in [0.25, 0.3) is 0 Å². The van der Waals surface area contributed by atoms with E-state index in [1.807, 2.05) is 17.9 Å². The number of hydrogen-bond donors (Lipinski definition) is 2. The Labute approximate surface area is 216 Å². The fourth-order valence-electron chi connectivity index (χ4n) is 4.00. The number of aromatic nitrogens is 6. The van der Waals surface area contributed by atoms with Crippen LogP contribution in [0.4, 0.5) is 17.3 Å². The van der Waals surface area contributed by atoms with Gasteiger partial charge in [-0.3, -0.25) is 4.68 Å². The lowest BCUT2D eigenvalue weighted by Crippen LogP contribution is -2.36. The summed E-state index contributed by atoms with van der Waals surface area (Å²) in [6, 6.07) is 8.52. The predicted molar refractivity (Wildman–Crippen MR) is 144 cm³/mol. The number of fused-ring (bicyclic) bond motifs is 1. The number of hydrogen-bond acceptors (Lipinski definition) is 9. The van der Waals surface area contributed by atoms with Gasteiger partial charge in [-0.15, -0.1) is 0 Å². The molecule has 1 fully saturated rings. The van der Waals surface area contributed by atoms with E-state index in [1.54, 1.807) is 23.3 Å². The van der Waals surface area contributed by atoms with Crippen LogP contribution in [0.25, 0.3) is 11.0 Å². The topological polar surface area (TPSA) is 115 Å². The molecule has 1 aromatic carbocycles. The van der Waals surface area contributed by atoms with Gasteiger partial charge < -0.3 is 25.1 Å². The van der Waals surface area contributed by atoms with Gasteiger partial charge >= 0.3 is 0 Å². The number of carbonyl (C=O) groups is 1. The Kier molecular flexibility index (Phi) is 9.55. The van der Waals surface area contributed by atoms with E-state index < -0.39 is 0 Å². The Bertz CT molecular complexity index is 1260. The van der Waals surface area contributed by atoms with E-state index in [2.05, 4.69) is 66.9 Å². The maximum absolute atomic E-state index is 10.5. The third-order valence-corrected chi connectivity index (χ3v) is 5.86. The zero-order valence-corrected chi connectivity index (χ0v) is 21.5. The van der Waals surface area contributed by atoms with E-state index in [-0.39, 0.29) is 0 Å². The van der Waals surface area contributed by atoms with E-state index in [0.717, 1.165) is 61.4 Å². The summed E-state index contributed by atoms with van der Waals surface area (Å²) in [4.78, 5) is 21.9. The highest BCUT2D eigenvalue weighted by atomic mass is 16.5. The normalized spacial score (nSPS) is 13.3. The summed E-state index contributed by atoms with van der Waals surface area (Å²) in [5.41, 5.74) is 3.88. The number of rotatable bonds is 10. The highest BCUT2D eigenvalue weighted by Gasteiger charge is 2.13. The smallest absolute Gasteiger partial charge is 0.229 e. The first kappa shape index (κ1) is 26.2. The lowest BCUT2D eigenvalue weighted by molar-refractivity contribution is -0.108. The van der Waals surface area contributed by atoms with Crippen LogP contribution in [-0.4, -0.2) is 75.7 Å². The van der Waals surface area contributed by atoms with Crippen LogP contribution in [0.1, 0.15) is 25.3 Å². The van der Waals surface area contributed by atoms with E-state index in [0.29, 0.717) is 25.5 Å². The number of carbonyl (C=O) groups excluding carboxylic acids is 1. The molecular weight excluding hydrogens is 470 g/mol. The molecule has 0 bridgehead atoms. The number of morpholine rings is 1. The number of nitrogens with one attached hydrogen (secondary N) is 2. The summed E-state index contributed by atoms with van der Waals surface area (Å²) < 4.78 is 9.05. The number of ether oxygens (including phenoxy) is 1. The fraction of sp³-hybridized carbons (Fsp3) is 0.423. The van der Waals surface area contributed by atoms with Crippen molar-refractivity contribution in [3.8, 4) is 0 Å². The zero-order chi connectivity index (χ0) is 25.9. The van der Waals surface area contributed by atoms with Gasteiger partial charge in [0.2, 0.25) is 5.95 Å². The van der Waals surface area contributed by atoms with Gasteiger partial charge in [-0.1, -0.05) is 19.1 Å². The molecule has 1 saturated heterocycles. The van der Waals surface area contributed by atoms with Crippen LogP contribution in [0.15, 0.2) is 49.1 Å². The Balaban J connectivity index is 0.000000586. The molecule has 0 amide bonds. The van der Waals surface area contributed by atoms with Crippen LogP contribution >= 0.6 is 0 Å². The summed E-state index contributed by atoms with van der Waals surface area (Å²) in [5, 5.41) is 15.8. The molecule has 0 aliphatic carbocycles. The second-order valence-electron chi connectivity index (χ2n) is 8.72. The Morgan fingerprint density at radius 2 is 2.00 bits per heavy atom. The molecule has 0 unspecified atom stereocenters. The number of anilines is 3. The van der Waals surface area contributed by atoms with Crippen molar-refractivity contribution in [1.82, 2.24) is 34.8 Å². The summed E-state index contributed by atoms with van der Waals surface area (Å²) >= 11 is 0. The van der Waals surface area contributed by atoms with Crippen molar-refractivity contribution in [3.05, 3.63) is 54.6 Å². The molecule has 0 saturated carbocycles. The standard InChI is InChI=1S/C22H24N8O2.C4H11N/c31-8-2-5-29-16-19(14-24-29)26-22-23-12-18-13-25-30(21(18)27-22)15-17-3-1-4-20(11-17)28-6-9-32-10-7-28;1-3-4-5-2/h1,3-4,8,11-14,16H,2,5-7,9-10,15H2,(H,23,26,27);5H,3-4H2,1-2H3. The molecule has 2 N–H and O–H groups in total. The molecule has 196 valence electrons. The summed E-state index contributed by atoms with van der Waals surface area (Å²) in [6.07, 6.45) is 9.59. The van der Waals surface area contributed by atoms with E-state index in [4.69, 9.17) is 4.74 Å². The SMILES string of the molecule is CCCNC.O=CCCn1cc(Nc2ncc3cnn(Cc4cccc(N5CCOCC5)c4)c3n2)cn1. The maximum Gasteiger partial charge on any atom is 0.229 e. The number of benzene rings is 1. The van der Waals surface area contributed by atoms with Crippen LogP contribution in [0, 0.1) is 0 Å². The summed E-state index contributed by atoms with van der Waals surface area (Å²) in [6.45, 7) is 7.78. The van der Waals surface area contributed by atoms with Crippen molar-refractivity contribution >= 4 is 34.6 Å². The van der Waals surface area contributed by atoms with Gasteiger partial charge in [0, 0.05) is 44.1 Å². The third kappa shape index (κ3) is 7.34. The van der Waals surface area contributed by atoms with E-state index >= 15 is 0 Å². The monoisotopic (exact) mass is 505 g/mol. The van der Waals surface area contributed by atoms with E-state index in [9.17, 15) is 4.79 Å². The second kappa shape index (κ2) is 13.5. The van der Waals surface area contributed by atoms with Crippen molar-refractivity contribution in [3.63, 3.8) is 0 Å². The third-order valence-electron chi connectivity index (χ3n) is 5.86. The lowest BCUT2D eigenvalue weighted by Gasteiger charge is -2.29. The van der Waals surface area contributed by atoms with Crippen LogP contribution in [-0.2, 0) is 22.6 Å². The molecule has 5 rings (SSSR count). The first-order valence-electron chi connectivity index (χ1n) is 12.7. The lowest BCUT2D eigenvalue weighted by atomic mass is 10.2. The molecule has 4 heterocycles. The fourth-order valence-corrected chi connectivity index (χ4v) is 4.00. The number of aryl methyl sites for hydroxylation is 1. The van der Waals surface area contributed by atoms with Crippen molar-refractivity contribution in [1.29, 1.82) is 0 Å². The van der Waals surface area contributed by atoms with Crippen molar-refractivity contribution in [2.45, 2.75) is 32.9 Å². The Hall–Kier alpha value is -3.83. The van der Waals surface area contributed by atoms with Crippen LogP contribution in [0.2, 0.25) is 0 Å². The highest BCUT2D eigenvalue weighted by molar-refractivity contribution is 5.75. The van der Waals surface area contributed by atoms with Gasteiger partial charge in [-0.25, -0.2) is 9.67 Å². The van der Waals surface area contributed by atoms with Crippen LogP contribution in [0.5, 0.6) is 0 Å². The van der Waals surface area contributed by atoms with E-state index in [1.165, 1.54) is 12.1 Å². The predicted octanol–water partition coefficient (Wildman–Crippen LogP) is 2.86. The summed E-state index contributed by atoms with van der Waals surface area (Å²) in [7, 11) is 1.96. The maximum atomic E-state index is 10.5. The second-order valence-corrected chi connectivity index (χ2v) is 8.72. The van der Waals surface area contributed by atoms with Crippen LogP contribution < -0.4 is 15.5 Å². The molecule has 4 aromatic rings. The molecule has 1 aliphatic rings. The first-order chi connectivity index (χ1) is 18.2. The molecule has 11 nitrogen and oxygen atoms in total. The first-order valence-corrected chi connectivity index (χ1v) is 12.7.